The van der Waals surface area contributed by atoms with E-state index in [1.807, 2.05) is 36.8 Å². The lowest BCUT2D eigenvalue weighted by Crippen LogP contribution is -2.02. The summed E-state index contributed by atoms with van der Waals surface area (Å²) in [5.74, 6) is 0.842. The van der Waals surface area contributed by atoms with Crippen molar-refractivity contribution in [1.82, 2.24) is 24.6 Å². The van der Waals surface area contributed by atoms with Gasteiger partial charge < -0.3 is 0 Å². The van der Waals surface area contributed by atoms with E-state index in [0.29, 0.717) is 0 Å². The van der Waals surface area contributed by atoms with E-state index in [1.54, 1.807) is 0 Å². The quantitative estimate of drug-likeness (QED) is 0.571. The van der Waals surface area contributed by atoms with Crippen molar-refractivity contribution in [1.29, 1.82) is 0 Å². The van der Waals surface area contributed by atoms with Crippen LogP contribution < -0.4 is 0 Å². The largest absolute Gasteiger partial charge is 0.256 e. The van der Waals surface area contributed by atoms with E-state index in [2.05, 4.69) is 38.2 Å². The van der Waals surface area contributed by atoms with Crippen LogP contribution in [0.3, 0.4) is 0 Å². The van der Waals surface area contributed by atoms with Crippen LogP contribution in [-0.4, -0.2) is 30.3 Å². The Kier molecular flexibility index (Phi) is 3.31. The number of hydrogen-bond donors (Lipinski definition) is 0. The van der Waals surface area contributed by atoms with Crippen LogP contribution in [0.1, 0.15) is 29.2 Å². The zero-order valence-electron chi connectivity index (χ0n) is 14.8. The van der Waals surface area contributed by atoms with Gasteiger partial charge in [-0.3, -0.25) is 15.0 Å². The third-order valence-corrected chi connectivity index (χ3v) is 4.90. The lowest BCUT2D eigenvalue weighted by atomic mass is 10.0. The average Bonchev–Trinajstić information content (AvgIpc) is 3.28. The number of aliphatic imine (C=N–C) groups is 1. The Morgan fingerprint density at radius 3 is 2.88 bits per heavy atom. The van der Waals surface area contributed by atoms with Gasteiger partial charge in [0.25, 0.3) is 0 Å². The maximum Gasteiger partial charge on any atom is 0.177 e. The van der Waals surface area contributed by atoms with E-state index >= 15 is 0 Å². The molecule has 0 fully saturated rings. The molecular weight excluding hydrogens is 324 g/mol. The van der Waals surface area contributed by atoms with Crippen molar-refractivity contribution < 1.29 is 0 Å². The van der Waals surface area contributed by atoms with Crippen molar-refractivity contribution in [2.45, 2.75) is 33.1 Å². The summed E-state index contributed by atoms with van der Waals surface area (Å²) in [6.45, 7) is 3.96. The number of aromatic nitrogens is 5. The summed E-state index contributed by atoms with van der Waals surface area (Å²) in [5.41, 5.74) is 7.27. The smallest absolute Gasteiger partial charge is 0.177 e. The zero-order chi connectivity index (χ0) is 17.7. The predicted molar refractivity (Wildman–Crippen MR) is 101 cm³/mol. The van der Waals surface area contributed by atoms with Crippen molar-refractivity contribution in [2.75, 3.05) is 0 Å². The molecule has 1 aliphatic rings. The summed E-state index contributed by atoms with van der Waals surface area (Å²) in [6.07, 6.45) is 6.19. The standard InChI is InChI=1S/C20H18N6/c1-12-11-22-13(2)20-24-18(25-26(12)20)8-6-15-10-14-5-7-17-16(19(14)23-15)4-3-9-21-17/h3-5,7,9,11H,6,8,10H2,1-2H3. The van der Waals surface area contributed by atoms with E-state index in [1.165, 1.54) is 11.3 Å². The van der Waals surface area contributed by atoms with Gasteiger partial charge in [-0.25, -0.2) is 9.50 Å². The summed E-state index contributed by atoms with van der Waals surface area (Å²) in [5, 5.41) is 5.76. The molecule has 4 aromatic rings. The molecule has 0 aliphatic carbocycles. The van der Waals surface area contributed by atoms with Crippen molar-refractivity contribution in [3.8, 4) is 0 Å². The molecule has 1 aromatic carbocycles. The molecule has 0 radical (unpaired) electrons. The summed E-state index contributed by atoms with van der Waals surface area (Å²) in [7, 11) is 0. The van der Waals surface area contributed by atoms with Gasteiger partial charge in [0.2, 0.25) is 0 Å². The molecule has 0 N–H and O–H groups in total. The molecule has 6 nitrogen and oxygen atoms in total. The minimum atomic E-state index is 0.781. The third-order valence-electron chi connectivity index (χ3n) is 4.90. The molecule has 0 amide bonds. The number of benzene rings is 1. The van der Waals surface area contributed by atoms with Gasteiger partial charge in [-0.1, -0.05) is 6.07 Å². The van der Waals surface area contributed by atoms with Gasteiger partial charge in [-0.15, -0.1) is 0 Å². The number of pyridine rings is 1. The number of fused-ring (bicyclic) bond motifs is 4. The van der Waals surface area contributed by atoms with Crippen LogP contribution >= 0.6 is 0 Å². The minimum absolute atomic E-state index is 0.781. The first-order chi connectivity index (χ1) is 12.7. The van der Waals surface area contributed by atoms with E-state index in [9.17, 15) is 0 Å². The highest BCUT2D eigenvalue weighted by molar-refractivity contribution is 6.02. The van der Waals surface area contributed by atoms with Crippen molar-refractivity contribution in [2.24, 2.45) is 4.99 Å². The van der Waals surface area contributed by atoms with Crippen LogP contribution in [0.15, 0.2) is 41.7 Å². The second-order valence-electron chi connectivity index (χ2n) is 6.75. The molecule has 0 saturated heterocycles. The Morgan fingerprint density at radius 1 is 1.08 bits per heavy atom. The average molecular weight is 342 g/mol. The summed E-state index contributed by atoms with van der Waals surface area (Å²) in [6, 6.07) is 8.28. The van der Waals surface area contributed by atoms with E-state index < -0.39 is 0 Å². The van der Waals surface area contributed by atoms with E-state index in [-0.39, 0.29) is 0 Å². The molecule has 1 aliphatic heterocycles. The van der Waals surface area contributed by atoms with Crippen molar-refractivity contribution >= 4 is 27.9 Å². The maximum absolute atomic E-state index is 4.89. The Hall–Kier alpha value is -3.15. The fraction of sp³-hybridized carbons (Fsp3) is 0.250. The topological polar surface area (TPSA) is 68.3 Å². The van der Waals surface area contributed by atoms with Crippen molar-refractivity contribution in [3.05, 3.63) is 59.4 Å². The summed E-state index contributed by atoms with van der Waals surface area (Å²) in [4.78, 5) is 18.3. The molecule has 26 heavy (non-hydrogen) atoms. The van der Waals surface area contributed by atoms with Gasteiger partial charge in [-0.05, 0) is 44.0 Å². The van der Waals surface area contributed by atoms with E-state index in [0.717, 1.165) is 58.7 Å². The first kappa shape index (κ1) is 15.1. The molecule has 3 aromatic heterocycles. The first-order valence-electron chi connectivity index (χ1n) is 8.80. The highest BCUT2D eigenvalue weighted by Gasteiger charge is 2.18. The molecule has 128 valence electrons. The highest BCUT2D eigenvalue weighted by Crippen LogP contribution is 2.34. The monoisotopic (exact) mass is 342 g/mol. The number of rotatable bonds is 3. The van der Waals surface area contributed by atoms with Crippen LogP contribution in [0.25, 0.3) is 16.6 Å². The predicted octanol–water partition coefficient (Wildman–Crippen LogP) is 3.55. The molecule has 0 spiro atoms. The second kappa shape index (κ2) is 5.69. The summed E-state index contributed by atoms with van der Waals surface area (Å²) >= 11 is 0. The van der Waals surface area contributed by atoms with Crippen molar-refractivity contribution in [3.63, 3.8) is 0 Å². The van der Waals surface area contributed by atoms with Gasteiger partial charge in [0.15, 0.2) is 11.5 Å². The van der Waals surface area contributed by atoms with Gasteiger partial charge in [-0.2, -0.15) is 5.10 Å². The summed E-state index contributed by atoms with van der Waals surface area (Å²) < 4.78 is 1.88. The molecule has 0 atom stereocenters. The second-order valence-corrected chi connectivity index (χ2v) is 6.75. The van der Waals surface area contributed by atoms with Gasteiger partial charge >= 0.3 is 0 Å². The molecule has 4 heterocycles. The fourth-order valence-corrected chi connectivity index (χ4v) is 3.52. The highest BCUT2D eigenvalue weighted by atomic mass is 15.3. The van der Waals surface area contributed by atoms with Crippen LogP contribution in [0.5, 0.6) is 0 Å². The van der Waals surface area contributed by atoms with Gasteiger partial charge in [0, 0.05) is 36.3 Å². The molecule has 6 heteroatoms. The Morgan fingerprint density at radius 2 is 2.00 bits per heavy atom. The minimum Gasteiger partial charge on any atom is -0.256 e. The maximum atomic E-state index is 4.89. The Bertz CT molecular complexity index is 1150. The van der Waals surface area contributed by atoms with Gasteiger partial charge in [0.1, 0.15) is 0 Å². The molecule has 0 bridgehead atoms. The van der Waals surface area contributed by atoms with Gasteiger partial charge in [0.05, 0.1) is 22.6 Å². The molecule has 0 saturated carbocycles. The number of aryl methyl sites for hydroxylation is 3. The normalized spacial score (nSPS) is 13.4. The lowest BCUT2D eigenvalue weighted by molar-refractivity contribution is 0.832. The SMILES string of the molecule is Cc1ncc(C)n2nc(CCC3=Nc4c(ccc5ncccc45)C3)nc12. The van der Waals surface area contributed by atoms with Crippen LogP contribution in [0.2, 0.25) is 0 Å². The van der Waals surface area contributed by atoms with Crippen LogP contribution in [-0.2, 0) is 12.8 Å². The van der Waals surface area contributed by atoms with E-state index in [4.69, 9.17) is 4.99 Å². The number of nitrogens with zero attached hydrogens (tertiary/aromatic N) is 6. The third kappa shape index (κ3) is 2.37. The lowest BCUT2D eigenvalue weighted by Gasteiger charge is -2.01. The molecule has 5 rings (SSSR count). The first-order valence-corrected chi connectivity index (χ1v) is 8.80. The number of hydrogen-bond acceptors (Lipinski definition) is 5. The van der Waals surface area contributed by atoms with Crippen LogP contribution in [0, 0.1) is 13.8 Å². The Balaban J connectivity index is 1.42. The van der Waals surface area contributed by atoms with Crippen LogP contribution in [0.4, 0.5) is 5.69 Å². The Labute approximate surface area is 150 Å². The zero-order valence-corrected chi connectivity index (χ0v) is 14.8. The fourth-order valence-electron chi connectivity index (χ4n) is 3.52. The molecule has 0 unspecified atom stereocenters. The molecular formula is C20H18N6.